The predicted molar refractivity (Wildman–Crippen MR) is 115 cm³/mol. The highest BCUT2D eigenvalue weighted by atomic mass is 35.5. The van der Waals surface area contributed by atoms with Gasteiger partial charge >= 0.3 is 5.69 Å². The monoisotopic (exact) mass is 479 g/mol. The number of carbonyl (C=O) groups excluding carboxylic acids is 1. The van der Waals surface area contributed by atoms with E-state index in [9.17, 15) is 14.4 Å². The van der Waals surface area contributed by atoms with Crippen LogP contribution in [0.4, 0.5) is 5.69 Å². The number of fused-ring (bicyclic) bond motifs is 2. The molecule has 3 N–H and O–H groups in total. The smallest absolute Gasteiger partial charge is 0.370 e. The van der Waals surface area contributed by atoms with Gasteiger partial charge in [-0.15, -0.1) is 0 Å². The van der Waals surface area contributed by atoms with Crippen molar-refractivity contribution in [2.45, 2.75) is 18.3 Å². The minimum Gasteiger partial charge on any atom is -0.453 e. The van der Waals surface area contributed by atoms with Crippen LogP contribution in [-0.2, 0) is 10.2 Å². The molecule has 1 aromatic heterocycles. The number of nitrogens with two attached hydrogens (primary N) is 1. The number of hydrogen-bond donors (Lipinski definition) is 2. The molecule has 1 aliphatic heterocycles. The lowest BCUT2D eigenvalue weighted by Crippen LogP contribution is -2.44. The van der Waals surface area contributed by atoms with Crippen LogP contribution in [0.1, 0.15) is 18.4 Å². The van der Waals surface area contributed by atoms with E-state index in [-0.39, 0.29) is 33.1 Å². The number of nitrogen functional groups attached to an aromatic ring is 1. The molecule has 1 spiro atoms. The van der Waals surface area contributed by atoms with Gasteiger partial charge in [-0.05, 0) is 37.1 Å². The molecule has 0 atom stereocenters. The van der Waals surface area contributed by atoms with Crippen LogP contribution in [0.3, 0.4) is 0 Å². The Labute approximate surface area is 188 Å². The molecule has 0 unspecified atom stereocenters. The van der Waals surface area contributed by atoms with Crippen LogP contribution in [0.2, 0.25) is 15.1 Å². The molecule has 5 rings (SSSR count). The second kappa shape index (κ2) is 6.74. The van der Waals surface area contributed by atoms with Gasteiger partial charge in [-0.1, -0.05) is 34.8 Å². The normalized spacial score (nSPS) is 15.6. The summed E-state index contributed by atoms with van der Waals surface area (Å²) in [5.74, 6) is 5.74. The van der Waals surface area contributed by atoms with E-state index < -0.39 is 16.7 Å². The van der Waals surface area contributed by atoms with Crippen molar-refractivity contribution in [3.8, 4) is 17.2 Å². The van der Waals surface area contributed by atoms with Crippen molar-refractivity contribution >= 4 is 46.4 Å². The van der Waals surface area contributed by atoms with E-state index in [2.05, 4.69) is 10.4 Å². The fourth-order valence-electron chi connectivity index (χ4n) is 3.63. The van der Waals surface area contributed by atoms with Crippen molar-refractivity contribution in [1.82, 2.24) is 14.5 Å². The van der Waals surface area contributed by atoms with E-state index in [0.717, 1.165) is 23.7 Å². The third kappa shape index (κ3) is 2.92. The zero-order valence-electron chi connectivity index (χ0n) is 15.5. The summed E-state index contributed by atoms with van der Waals surface area (Å²) in [5.41, 5.74) is -0.677. The zero-order chi connectivity index (χ0) is 22.1. The van der Waals surface area contributed by atoms with Crippen molar-refractivity contribution in [2.75, 3.05) is 11.2 Å². The molecule has 1 aliphatic carbocycles. The Balaban J connectivity index is 1.55. The van der Waals surface area contributed by atoms with Crippen LogP contribution in [0, 0.1) is 0 Å². The summed E-state index contributed by atoms with van der Waals surface area (Å²) in [7, 11) is 0. The molecule has 2 heterocycles. The second-order valence-electron chi connectivity index (χ2n) is 7.22. The summed E-state index contributed by atoms with van der Waals surface area (Å²) in [4.78, 5) is 35.9. The van der Waals surface area contributed by atoms with Gasteiger partial charge in [0.15, 0.2) is 5.75 Å². The summed E-state index contributed by atoms with van der Waals surface area (Å²) in [5, 5.41) is 7.04. The lowest BCUT2D eigenvalue weighted by atomic mass is 9.97. The first-order valence-corrected chi connectivity index (χ1v) is 10.1. The highest BCUT2D eigenvalue weighted by Gasteiger charge is 2.57. The predicted octanol–water partition coefficient (Wildman–Crippen LogP) is 2.84. The number of aromatic nitrogens is 3. The fourth-order valence-corrected chi connectivity index (χ4v) is 4.57. The zero-order valence-corrected chi connectivity index (χ0v) is 17.8. The summed E-state index contributed by atoms with van der Waals surface area (Å²) in [6.45, 7) is 0. The molecular formula is C19H12Cl3N5O4. The Hall–Kier alpha value is -3.01. The van der Waals surface area contributed by atoms with Gasteiger partial charge in [0.1, 0.15) is 11.9 Å². The average Bonchev–Trinajstić information content (AvgIpc) is 3.46. The second-order valence-corrected chi connectivity index (χ2v) is 8.42. The molecule has 9 nitrogen and oxygen atoms in total. The number of hydrogen-bond acceptors (Lipinski definition) is 6. The van der Waals surface area contributed by atoms with Crippen LogP contribution in [0.25, 0.3) is 5.69 Å². The van der Waals surface area contributed by atoms with Gasteiger partial charge in [0.05, 0.1) is 26.2 Å². The van der Waals surface area contributed by atoms with Crippen molar-refractivity contribution in [1.29, 1.82) is 0 Å². The third-order valence-corrected chi connectivity index (χ3v) is 6.30. The van der Waals surface area contributed by atoms with Gasteiger partial charge in [-0.25, -0.2) is 4.79 Å². The lowest BCUT2D eigenvalue weighted by Gasteiger charge is -2.15. The molecule has 3 aromatic rings. The molecular weight excluding hydrogens is 469 g/mol. The quantitative estimate of drug-likeness (QED) is 0.556. The lowest BCUT2D eigenvalue weighted by molar-refractivity contribution is -0.117. The minimum absolute atomic E-state index is 0.0675. The SMILES string of the molecule is Nn1c(=O)cnn(-c2cc(Cl)c(Oc3ccc4c(c3Cl)C3(CC3)C(=O)N4)c(Cl)c2)c1=O. The van der Waals surface area contributed by atoms with Crippen molar-refractivity contribution in [3.05, 3.63) is 71.9 Å². The number of anilines is 1. The minimum atomic E-state index is -0.873. The highest BCUT2D eigenvalue weighted by molar-refractivity contribution is 6.38. The Bertz CT molecular complexity index is 1390. The maximum atomic E-state index is 12.3. The molecule has 31 heavy (non-hydrogen) atoms. The first-order valence-electron chi connectivity index (χ1n) is 9.01. The van der Waals surface area contributed by atoms with Crippen LogP contribution in [0.15, 0.2) is 40.1 Å². The fraction of sp³-hybridized carbons (Fsp3) is 0.158. The maximum Gasteiger partial charge on any atom is 0.370 e. The van der Waals surface area contributed by atoms with E-state index in [1.807, 2.05) is 0 Å². The summed E-state index contributed by atoms with van der Waals surface area (Å²) in [6, 6.07) is 6.10. The van der Waals surface area contributed by atoms with Crippen LogP contribution >= 0.6 is 34.8 Å². The Kier molecular flexibility index (Phi) is 4.34. The van der Waals surface area contributed by atoms with Gasteiger partial charge in [0.25, 0.3) is 5.56 Å². The highest BCUT2D eigenvalue weighted by Crippen LogP contribution is 2.59. The van der Waals surface area contributed by atoms with Crippen LogP contribution in [0.5, 0.6) is 11.5 Å². The first-order chi connectivity index (χ1) is 14.7. The van der Waals surface area contributed by atoms with Gasteiger partial charge < -0.3 is 15.9 Å². The summed E-state index contributed by atoms with van der Waals surface area (Å²) < 4.78 is 7.18. The molecule has 1 fully saturated rings. The number of nitrogens with one attached hydrogen (secondary N) is 1. The standard InChI is InChI=1S/C19H12Cl3N5O4/c20-9-5-8(27-18(30)26(23)13(28)7-24-27)6-10(21)16(9)31-12-2-1-11-14(15(12)22)19(3-4-19)17(29)25-11/h1-2,5-7H,3-4,23H2,(H,25,29). The summed E-state index contributed by atoms with van der Waals surface area (Å²) >= 11 is 19.3. The maximum absolute atomic E-state index is 12.3. The topological polar surface area (TPSA) is 121 Å². The molecule has 12 heteroatoms. The molecule has 0 radical (unpaired) electrons. The van der Waals surface area contributed by atoms with Crippen LogP contribution < -0.4 is 27.1 Å². The Morgan fingerprint density at radius 1 is 1.10 bits per heavy atom. The number of nitrogens with zero attached hydrogens (tertiary/aromatic N) is 3. The number of ether oxygens (including phenoxy) is 1. The number of rotatable bonds is 3. The summed E-state index contributed by atoms with van der Waals surface area (Å²) in [6.07, 6.45) is 2.33. The van der Waals surface area contributed by atoms with Crippen LogP contribution in [-0.4, -0.2) is 20.4 Å². The van der Waals surface area contributed by atoms with Crippen molar-refractivity contribution in [3.63, 3.8) is 0 Å². The number of halogens is 3. The van der Waals surface area contributed by atoms with E-state index >= 15 is 0 Å². The van der Waals surface area contributed by atoms with Gasteiger partial charge in [0, 0.05) is 11.3 Å². The largest absolute Gasteiger partial charge is 0.453 e. The van der Waals surface area contributed by atoms with E-state index in [1.54, 1.807) is 12.1 Å². The number of amides is 1. The Morgan fingerprint density at radius 3 is 2.42 bits per heavy atom. The molecule has 0 saturated heterocycles. The molecule has 158 valence electrons. The first kappa shape index (κ1) is 19.9. The van der Waals surface area contributed by atoms with Gasteiger partial charge in [0.2, 0.25) is 5.91 Å². The van der Waals surface area contributed by atoms with E-state index in [0.29, 0.717) is 20.9 Å². The molecule has 0 bridgehead atoms. The van der Waals surface area contributed by atoms with Gasteiger partial charge in [-0.2, -0.15) is 14.5 Å². The molecule has 1 amide bonds. The van der Waals surface area contributed by atoms with Crippen molar-refractivity contribution in [2.24, 2.45) is 0 Å². The van der Waals surface area contributed by atoms with E-state index in [4.69, 9.17) is 45.4 Å². The number of carbonyl (C=O) groups is 1. The van der Waals surface area contributed by atoms with Gasteiger partial charge in [-0.3, -0.25) is 9.59 Å². The van der Waals surface area contributed by atoms with Crippen molar-refractivity contribution < 1.29 is 9.53 Å². The number of benzene rings is 2. The third-order valence-electron chi connectivity index (χ3n) is 5.37. The molecule has 2 aliphatic rings. The Morgan fingerprint density at radius 2 is 1.77 bits per heavy atom. The molecule has 1 saturated carbocycles. The molecule has 2 aromatic carbocycles. The van der Waals surface area contributed by atoms with E-state index in [1.165, 1.54) is 12.1 Å². The average molecular weight is 481 g/mol.